The minimum Gasteiger partial charge on any atom is -0.497 e. The van der Waals surface area contributed by atoms with Gasteiger partial charge in [0.1, 0.15) is 11.4 Å². The van der Waals surface area contributed by atoms with E-state index in [0.717, 1.165) is 52.7 Å². The average Bonchev–Trinajstić information content (AvgIpc) is 3.34. The van der Waals surface area contributed by atoms with E-state index < -0.39 is 0 Å². The SMILES string of the molecule is COc1ccc2[nH]cc(CCNC(=O)C3CCCN(C(=O)c4[nH]c(C)cc4C)C3)c2c1. The molecule has 1 aliphatic rings. The number of rotatable bonds is 6. The zero-order valence-corrected chi connectivity index (χ0v) is 18.4. The molecule has 3 N–H and O–H groups in total. The molecular formula is C24H30N4O3. The quantitative estimate of drug-likeness (QED) is 0.569. The molecule has 164 valence electrons. The van der Waals surface area contributed by atoms with Gasteiger partial charge in [-0.2, -0.15) is 0 Å². The number of nitrogens with one attached hydrogen (secondary N) is 3. The van der Waals surface area contributed by atoms with E-state index in [1.165, 1.54) is 0 Å². The van der Waals surface area contributed by atoms with Gasteiger partial charge in [0.05, 0.1) is 13.0 Å². The van der Waals surface area contributed by atoms with E-state index in [9.17, 15) is 9.59 Å². The van der Waals surface area contributed by atoms with Gasteiger partial charge in [0.15, 0.2) is 0 Å². The summed E-state index contributed by atoms with van der Waals surface area (Å²) in [6.07, 6.45) is 4.36. The van der Waals surface area contributed by atoms with Crippen molar-refractivity contribution in [2.75, 3.05) is 26.7 Å². The molecule has 31 heavy (non-hydrogen) atoms. The minimum atomic E-state index is -0.169. The Hall–Kier alpha value is -3.22. The van der Waals surface area contributed by atoms with Crippen LogP contribution in [-0.2, 0) is 11.2 Å². The molecule has 1 atom stereocenters. The zero-order chi connectivity index (χ0) is 22.0. The molecule has 7 nitrogen and oxygen atoms in total. The van der Waals surface area contributed by atoms with Gasteiger partial charge in [0.25, 0.3) is 5.91 Å². The maximum Gasteiger partial charge on any atom is 0.270 e. The molecule has 1 saturated heterocycles. The fourth-order valence-electron chi connectivity index (χ4n) is 4.44. The molecule has 4 rings (SSSR count). The third-order valence-electron chi connectivity index (χ3n) is 6.11. The summed E-state index contributed by atoms with van der Waals surface area (Å²) in [7, 11) is 1.66. The normalized spacial score (nSPS) is 16.5. The first-order chi connectivity index (χ1) is 15.0. The van der Waals surface area contributed by atoms with Gasteiger partial charge in [-0.05, 0) is 68.5 Å². The Balaban J connectivity index is 1.33. The topological polar surface area (TPSA) is 90.2 Å². The van der Waals surface area contributed by atoms with Crippen LogP contribution in [0.5, 0.6) is 5.75 Å². The number of hydrogen-bond donors (Lipinski definition) is 3. The van der Waals surface area contributed by atoms with Gasteiger partial charge in [-0.1, -0.05) is 0 Å². The van der Waals surface area contributed by atoms with E-state index in [1.807, 2.05) is 44.3 Å². The smallest absolute Gasteiger partial charge is 0.270 e. The number of aromatic amines is 2. The van der Waals surface area contributed by atoms with Gasteiger partial charge >= 0.3 is 0 Å². The van der Waals surface area contributed by atoms with Crippen LogP contribution in [0, 0.1) is 19.8 Å². The molecule has 0 bridgehead atoms. The molecule has 7 heteroatoms. The number of fused-ring (bicyclic) bond motifs is 1. The number of methoxy groups -OCH3 is 1. The molecular weight excluding hydrogens is 392 g/mol. The van der Waals surface area contributed by atoms with Crippen LogP contribution in [0.2, 0.25) is 0 Å². The Morgan fingerprint density at radius 2 is 2.10 bits per heavy atom. The number of aryl methyl sites for hydroxylation is 2. The van der Waals surface area contributed by atoms with Crippen molar-refractivity contribution in [3.63, 3.8) is 0 Å². The highest BCUT2D eigenvalue weighted by Gasteiger charge is 2.29. The van der Waals surface area contributed by atoms with Gasteiger partial charge in [-0.15, -0.1) is 0 Å². The molecule has 0 radical (unpaired) electrons. The van der Waals surface area contributed by atoms with E-state index in [2.05, 4.69) is 15.3 Å². The summed E-state index contributed by atoms with van der Waals surface area (Å²) in [5.41, 5.74) is 4.76. The summed E-state index contributed by atoms with van der Waals surface area (Å²) >= 11 is 0. The lowest BCUT2D eigenvalue weighted by Gasteiger charge is -2.32. The van der Waals surface area contributed by atoms with Gasteiger partial charge in [-0.3, -0.25) is 9.59 Å². The summed E-state index contributed by atoms with van der Waals surface area (Å²) in [5.74, 6) is 0.652. The summed E-state index contributed by atoms with van der Waals surface area (Å²) in [5, 5.41) is 4.18. The van der Waals surface area contributed by atoms with Crippen LogP contribution in [0.25, 0.3) is 10.9 Å². The van der Waals surface area contributed by atoms with Crippen molar-refractivity contribution in [1.29, 1.82) is 0 Å². The lowest BCUT2D eigenvalue weighted by atomic mass is 9.96. The first-order valence-electron chi connectivity index (χ1n) is 10.8. The molecule has 3 heterocycles. The van der Waals surface area contributed by atoms with Crippen molar-refractivity contribution < 1.29 is 14.3 Å². The van der Waals surface area contributed by atoms with Crippen molar-refractivity contribution in [1.82, 2.24) is 20.2 Å². The van der Waals surface area contributed by atoms with E-state index in [1.54, 1.807) is 12.0 Å². The summed E-state index contributed by atoms with van der Waals surface area (Å²) in [4.78, 5) is 33.9. The van der Waals surface area contributed by atoms with Gasteiger partial charge < -0.3 is 24.9 Å². The van der Waals surface area contributed by atoms with Crippen LogP contribution in [-0.4, -0.2) is 53.4 Å². The number of carbonyl (C=O) groups excluding carboxylic acids is 2. The second-order valence-corrected chi connectivity index (χ2v) is 8.37. The van der Waals surface area contributed by atoms with Crippen molar-refractivity contribution in [3.8, 4) is 5.75 Å². The first-order valence-corrected chi connectivity index (χ1v) is 10.8. The van der Waals surface area contributed by atoms with Gasteiger partial charge in [0, 0.05) is 42.4 Å². The van der Waals surface area contributed by atoms with Crippen LogP contribution in [0.15, 0.2) is 30.5 Å². The molecule has 1 fully saturated rings. The maximum absolute atomic E-state index is 12.9. The van der Waals surface area contributed by atoms with E-state index in [4.69, 9.17) is 4.74 Å². The second kappa shape index (κ2) is 8.88. The Labute approximate surface area is 182 Å². The molecule has 2 aromatic heterocycles. The Bertz CT molecular complexity index is 1100. The van der Waals surface area contributed by atoms with Gasteiger partial charge in [0.2, 0.25) is 5.91 Å². The molecule has 2 amide bonds. The highest BCUT2D eigenvalue weighted by Crippen LogP contribution is 2.24. The predicted octanol–water partition coefficient (Wildman–Crippen LogP) is 3.33. The number of hydrogen-bond acceptors (Lipinski definition) is 3. The van der Waals surface area contributed by atoms with Crippen LogP contribution in [0.4, 0.5) is 0 Å². The Morgan fingerprint density at radius 3 is 2.84 bits per heavy atom. The number of benzene rings is 1. The number of likely N-dealkylation sites (tertiary alicyclic amines) is 1. The molecule has 0 saturated carbocycles. The Morgan fingerprint density at radius 1 is 1.26 bits per heavy atom. The first kappa shape index (κ1) is 21.0. The predicted molar refractivity (Wildman–Crippen MR) is 120 cm³/mol. The molecule has 0 spiro atoms. The van der Waals surface area contributed by atoms with Crippen molar-refractivity contribution in [2.24, 2.45) is 5.92 Å². The number of piperidine rings is 1. The number of H-pyrrole nitrogens is 2. The van der Waals surface area contributed by atoms with Crippen LogP contribution >= 0.6 is 0 Å². The number of amides is 2. The maximum atomic E-state index is 12.9. The van der Waals surface area contributed by atoms with Crippen molar-refractivity contribution >= 4 is 22.7 Å². The monoisotopic (exact) mass is 422 g/mol. The average molecular weight is 423 g/mol. The molecule has 1 aliphatic heterocycles. The number of carbonyl (C=O) groups is 2. The van der Waals surface area contributed by atoms with Crippen LogP contribution < -0.4 is 10.1 Å². The van der Waals surface area contributed by atoms with Crippen LogP contribution in [0.3, 0.4) is 0 Å². The van der Waals surface area contributed by atoms with E-state index in [0.29, 0.717) is 25.3 Å². The third-order valence-corrected chi connectivity index (χ3v) is 6.11. The van der Waals surface area contributed by atoms with E-state index >= 15 is 0 Å². The lowest BCUT2D eigenvalue weighted by Crippen LogP contribution is -2.46. The molecule has 0 aliphatic carbocycles. The zero-order valence-electron chi connectivity index (χ0n) is 18.4. The fourth-order valence-corrected chi connectivity index (χ4v) is 4.44. The summed E-state index contributed by atoms with van der Waals surface area (Å²) < 4.78 is 5.32. The largest absolute Gasteiger partial charge is 0.497 e. The Kier molecular flexibility index (Phi) is 6.02. The number of aromatic nitrogens is 2. The van der Waals surface area contributed by atoms with Crippen molar-refractivity contribution in [2.45, 2.75) is 33.1 Å². The minimum absolute atomic E-state index is 0.0177. The standard InChI is InChI=1S/C24H30N4O3/c1-15-11-16(2)27-22(15)24(30)28-10-4-5-18(14-28)23(29)25-9-8-17-13-26-21-7-6-19(31-3)12-20(17)21/h6-7,11-13,18,26-27H,4-5,8-10,14H2,1-3H3,(H,25,29). The molecule has 1 unspecified atom stereocenters. The number of ether oxygens (including phenoxy) is 1. The second-order valence-electron chi connectivity index (χ2n) is 8.37. The fraction of sp³-hybridized carbons (Fsp3) is 0.417. The highest BCUT2D eigenvalue weighted by molar-refractivity contribution is 5.94. The summed E-state index contributed by atoms with van der Waals surface area (Å²) in [6.45, 7) is 5.59. The van der Waals surface area contributed by atoms with Gasteiger partial charge in [-0.25, -0.2) is 0 Å². The van der Waals surface area contributed by atoms with Crippen molar-refractivity contribution in [3.05, 3.63) is 53.0 Å². The number of nitrogens with zero attached hydrogens (tertiary/aromatic N) is 1. The third kappa shape index (κ3) is 4.45. The molecule has 3 aromatic rings. The highest BCUT2D eigenvalue weighted by atomic mass is 16.5. The molecule has 1 aromatic carbocycles. The lowest BCUT2D eigenvalue weighted by molar-refractivity contribution is -0.126. The van der Waals surface area contributed by atoms with E-state index in [-0.39, 0.29) is 17.7 Å². The van der Waals surface area contributed by atoms with Crippen LogP contribution in [0.1, 0.15) is 40.2 Å². The summed E-state index contributed by atoms with van der Waals surface area (Å²) in [6, 6.07) is 7.91.